The summed E-state index contributed by atoms with van der Waals surface area (Å²) in [4.78, 5) is 0. The highest BCUT2D eigenvalue weighted by Gasteiger charge is 2.49. The molecule has 0 saturated heterocycles. The van der Waals surface area contributed by atoms with Crippen molar-refractivity contribution in [1.29, 1.82) is 0 Å². The molecule has 1 spiro atoms. The fourth-order valence-corrected chi connectivity index (χ4v) is 7.59. The Hall–Kier alpha value is -3.12. The summed E-state index contributed by atoms with van der Waals surface area (Å²) in [6.07, 6.45) is 6.75. The second kappa shape index (κ2) is 9.51. The molecular weight excluding hydrogens is 468 g/mol. The molecule has 0 N–H and O–H groups in total. The van der Waals surface area contributed by atoms with E-state index < -0.39 is 0 Å². The third kappa shape index (κ3) is 3.63. The average Bonchev–Trinajstić information content (AvgIpc) is 3.19. The largest absolute Gasteiger partial charge is 0.0719 e. The Kier molecular flexibility index (Phi) is 6.37. The third-order valence-electron chi connectivity index (χ3n) is 11.2. The molecule has 0 saturated carbocycles. The van der Waals surface area contributed by atoms with Gasteiger partial charge in [0.25, 0.3) is 0 Å². The normalized spacial score (nSPS) is 15.3. The van der Waals surface area contributed by atoms with Crippen LogP contribution in [-0.4, -0.2) is 0 Å². The van der Waals surface area contributed by atoms with Crippen molar-refractivity contribution in [2.45, 2.75) is 96.3 Å². The third-order valence-corrected chi connectivity index (χ3v) is 11.2. The van der Waals surface area contributed by atoms with Gasteiger partial charge in [-0.25, -0.2) is 0 Å². The average molecular weight is 513 g/mol. The van der Waals surface area contributed by atoms with Crippen LogP contribution in [0.3, 0.4) is 0 Å². The topological polar surface area (TPSA) is 0 Å². The van der Waals surface area contributed by atoms with Crippen LogP contribution in [0.25, 0.3) is 11.1 Å². The Morgan fingerprint density at radius 3 is 1.28 bits per heavy atom. The number of aryl methyl sites for hydroxylation is 2. The molecule has 200 valence electrons. The fraction of sp³-hybridized carbons (Fsp3) is 0.385. The Bertz CT molecular complexity index is 1410. The summed E-state index contributed by atoms with van der Waals surface area (Å²) in [6.45, 7) is 14.3. The van der Waals surface area contributed by atoms with E-state index in [1.54, 1.807) is 0 Å². The quantitative estimate of drug-likeness (QED) is 0.212. The molecule has 0 amide bonds. The molecule has 39 heavy (non-hydrogen) atoms. The molecule has 0 nitrogen and oxygen atoms in total. The molecule has 0 radical (unpaired) electrons. The molecule has 2 aliphatic carbocycles. The molecule has 0 heteroatoms. The number of hydrogen-bond donors (Lipinski definition) is 0. The monoisotopic (exact) mass is 512 g/mol. The van der Waals surface area contributed by atoms with E-state index in [9.17, 15) is 0 Å². The molecule has 0 fully saturated rings. The first-order chi connectivity index (χ1) is 18.9. The van der Waals surface area contributed by atoms with Gasteiger partial charge < -0.3 is 0 Å². The van der Waals surface area contributed by atoms with Gasteiger partial charge in [-0.15, -0.1) is 0 Å². The van der Waals surface area contributed by atoms with Crippen molar-refractivity contribution in [3.8, 4) is 11.1 Å². The van der Waals surface area contributed by atoms with E-state index >= 15 is 0 Å². The zero-order valence-corrected chi connectivity index (χ0v) is 24.8. The Morgan fingerprint density at radius 1 is 0.513 bits per heavy atom. The minimum absolute atomic E-state index is 0.170. The van der Waals surface area contributed by atoms with E-state index in [1.165, 1.54) is 55.6 Å². The van der Waals surface area contributed by atoms with Gasteiger partial charge in [0.1, 0.15) is 0 Å². The predicted molar refractivity (Wildman–Crippen MR) is 167 cm³/mol. The van der Waals surface area contributed by atoms with E-state index in [0.29, 0.717) is 0 Å². The fourth-order valence-electron chi connectivity index (χ4n) is 7.59. The molecule has 2 aliphatic rings. The van der Waals surface area contributed by atoms with Gasteiger partial charge in [0, 0.05) is 0 Å². The minimum atomic E-state index is -0.300. The lowest BCUT2D eigenvalue weighted by molar-refractivity contribution is 0.437. The molecule has 0 aliphatic heterocycles. The molecule has 0 atom stereocenters. The van der Waals surface area contributed by atoms with E-state index in [4.69, 9.17) is 0 Å². The first-order valence-corrected chi connectivity index (χ1v) is 15.3. The minimum Gasteiger partial charge on any atom is -0.0645 e. The SMILES string of the molecule is CCC(C)(CC)c1ccc2c(c1)C1(c3ccccc3CCc3ccccc31)c1cc(C(C)(CC)CC)ccc1-2. The number of fused-ring (bicyclic) bond motifs is 9. The van der Waals surface area contributed by atoms with Crippen molar-refractivity contribution in [1.82, 2.24) is 0 Å². The van der Waals surface area contributed by atoms with Crippen molar-refractivity contribution in [3.63, 3.8) is 0 Å². The smallest absolute Gasteiger partial charge is 0.0645 e. The summed E-state index contributed by atoms with van der Waals surface area (Å²) < 4.78 is 0. The van der Waals surface area contributed by atoms with Crippen molar-refractivity contribution >= 4 is 0 Å². The first kappa shape index (κ1) is 26.1. The summed E-state index contributed by atoms with van der Waals surface area (Å²) >= 11 is 0. The van der Waals surface area contributed by atoms with Crippen LogP contribution in [0.1, 0.15) is 112 Å². The summed E-state index contributed by atoms with van der Waals surface area (Å²) in [5, 5.41) is 0. The summed E-state index contributed by atoms with van der Waals surface area (Å²) in [5.74, 6) is 0. The van der Waals surface area contributed by atoms with Gasteiger partial charge in [-0.1, -0.05) is 126 Å². The maximum absolute atomic E-state index is 2.61. The lowest BCUT2D eigenvalue weighted by Crippen LogP contribution is -2.31. The Balaban J connectivity index is 1.79. The van der Waals surface area contributed by atoms with Crippen molar-refractivity contribution < 1.29 is 0 Å². The molecule has 0 unspecified atom stereocenters. The van der Waals surface area contributed by atoms with Gasteiger partial charge in [0.15, 0.2) is 0 Å². The van der Waals surface area contributed by atoms with Crippen LogP contribution in [0, 0.1) is 0 Å². The van der Waals surface area contributed by atoms with Crippen LogP contribution in [0.5, 0.6) is 0 Å². The van der Waals surface area contributed by atoms with Gasteiger partial charge in [0.05, 0.1) is 5.41 Å². The van der Waals surface area contributed by atoms with E-state index in [2.05, 4.69) is 126 Å². The molecule has 0 heterocycles. The standard InChI is InChI=1S/C39H44/c1-7-37(5,8-2)29-21-23-31-32-24-22-30(38(6,9-3)10-4)26-36(32)39(35(31)25-29)33-17-13-11-15-27(33)19-20-28-16-12-14-18-34(28)39/h11-18,21-26H,7-10,19-20H2,1-6H3. The predicted octanol–water partition coefficient (Wildman–Crippen LogP) is 10.3. The van der Waals surface area contributed by atoms with Crippen LogP contribution >= 0.6 is 0 Å². The Morgan fingerprint density at radius 2 is 0.897 bits per heavy atom. The molecule has 6 rings (SSSR count). The first-order valence-electron chi connectivity index (χ1n) is 15.3. The second-order valence-corrected chi connectivity index (χ2v) is 12.6. The zero-order valence-electron chi connectivity index (χ0n) is 24.8. The van der Waals surface area contributed by atoms with Gasteiger partial charge in [-0.3, -0.25) is 0 Å². The zero-order chi connectivity index (χ0) is 27.4. The second-order valence-electron chi connectivity index (χ2n) is 12.6. The van der Waals surface area contributed by atoms with Gasteiger partial charge in [-0.2, -0.15) is 0 Å². The van der Waals surface area contributed by atoms with Crippen LogP contribution in [0.15, 0.2) is 84.9 Å². The van der Waals surface area contributed by atoms with Crippen LogP contribution in [-0.2, 0) is 29.1 Å². The van der Waals surface area contributed by atoms with Gasteiger partial charge >= 0.3 is 0 Å². The summed E-state index contributed by atoms with van der Waals surface area (Å²) in [6, 6.07) is 33.7. The maximum Gasteiger partial charge on any atom is 0.0719 e. The van der Waals surface area contributed by atoms with E-state index in [1.807, 2.05) is 0 Å². The lowest BCUT2D eigenvalue weighted by Gasteiger charge is -2.37. The maximum atomic E-state index is 2.61. The van der Waals surface area contributed by atoms with Crippen LogP contribution in [0.2, 0.25) is 0 Å². The summed E-state index contributed by atoms with van der Waals surface area (Å²) in [5.41, 5.74) is 14.7. The van der Waals surface area contributed by atoms with Crippen molar-refractivity contribution in [3.05, 3.63) is 129 Å². The Labute approximate surface area is 236 Å². The molecule has 0 aromatic heterocycles. The van der Waals surface area contributed by atoms with Crippen LogP contribution in [0.4, 0.5) is 0 Å². The van der Waals surface area contributed by atoms with E-state index in [-0.39, 0.29) is 16.2 Å². The van der Waals surface area contributed by atoms with Gasteiger partial charge in [0.2, 0.25) is 0 Å². The highest BCUT2D eigenvalue weighted by Crippen LogP contribution is 2.59. The van der Waals surface area contributed by atoms with Gasteiger partial charge in [-0.05, 0) is 105 Å². The molecular formula is C39H44. The number of hydrogen-bond acceptors (Lipinski definition) is 0. The number of benzene rings is 4. The van der Waals surface area contributed by atoms with E-state index in [0.717, 1.165) is 38.5 Å². The highest BCUT2D eigenvalue weighted by molar-refractivity contribution is 5.88. The lowest BCUT2D eigenvalue weighted by atomic mass is 9.64. The van der Waals surface area contributed by atoms with Crippen LogP contribution < -0.4 is 0 Å². The molecule has 0 bridgehead atoms. The summed E-state index contributed by atoms with van der Waals surface area (Å²) in [7, 11) is 0. The van der Waals surface area contributed by atoms with Crippen molar-refractivity contribution in [2.75, 3.05) is 0 Å². The highest BCUT2D eigenvalue weighted by atomic mass is 14.5. The molecule has 4 aromatic rings. The molecule has 4 aromatic carbocycles. The van der Waals surface area contributed by atoms with Crippen molar-refractivity contribution in [2.24, 2.45) is 0 Å². The number of rotatable bonds is 6.